The summed E-state index contributed by atoms with van der Waals surface area (Å²) in [6.45, 7) is 2.49. The maximum absolute atomic E-state index is 13.0. The van der Waals surface area contributed by atoms with Crippen LogP contribution in [0.25, 0.3) is 0 Å². The normalized spacial score (nSPS) is 13.7. The van der Waals surface area contributed by atoms with Gasteiger partial charge in [0.25, 0.3) is 15.9 Å². The zero-order valence-corrected chi connectivity index (χ0v) is 18.2. The van der Waals surface area contributed by atoms with Gasteiger partial charge in [0.1, 0.15) is 5.82 Å². The van der Waals surface area contributed by atoms with Crippen LogP contribution in [0.1, 0.15) is 28.8 Å². The van der Waals surface area contributed by atoms with Crippen molar-refractivity contribution in [3.63, 3.8) is 0 Å². The van der Waals surface area contributed by atoms with Crippen molar-refractivity contribution < 1.29 is 17.6 Å². The number of nitrogens with one attached hydrogen (secondary N) is 2. The third-order valence-corrected chi connectivity index (χ3v) is 6.74. The first-order valence-electron chi connectivity index (χ1n) is 10.4. The van der Waals surface area contributed by atoms with E-state index in [4.69, 9.17) is 0 Å². The van der Waals surface area contributed by atoms with Crippen LogP contribution in [0.15, 0.2) is 77.7 Å². The van der Waals surface area contributed by atoms with Crippen LogP contribution in [0.5, 0.6) is 0 Å². The average molecular weight is 454 g/mol. The quantitative estimate of drug-likeness (QED) is 0.563. The number of rotatable bonds is 7. The second-order valence-corrected chi connectivity index (χ2v) is 9.37. The van der Waals surface area contributed by atoms with Gasteiger partial charge in [0.2, 0.25) is 0 Å². The summed E-state index contributed by atoms with van der Waals surface area (Å²) in [5.74, 6) is -0.829. The van der Waals surface area contributed by atoms with E-state index in [1.165, 1.54) is 61.0 Å². The number of amides is 1. The first-order valence-corrected chi connectivity index (χ1v) is 11.9. The first kappa shape index (κ1) is 21.8. The Bertz CT molecular complexity index is 1190. The smallest absolute Gasteiger partial charge is 0.261 e. The monoisotopic (exact) mass is 453 g/mol. The van der Waals surface area contributed by atoms with Crippen LogP contribution in [0.2, 0.25) is 0 Å². The fraction of sp³-hybridized carbons (Fsp3) is 0.208. The van der Waals surface area contributed by atoms with Crippen molar-refractivity contribution in [1.82, 2.24) is 5.32 Å². The van der Waals surface area contributed by atoms with Crippen LogP contribution in [-0.2, 0) is 16.6 Å². The molecule has 166 valence electrons. The van der Waals surface area contributed by atoms with Crippen LogP contribution < -0.4 is 14.9 Å². The topological polar surface area (TPSA) is 78.5 Å². The van der Waals surface area contributed by atoms with Crippen molar-refractivity contribution in [3.05, 3.63) is 89.7 Å². The number of anilines is 2. The van der Waals surface area contributed by atoms with Gasteiger partial charge in [-0.2, -0.15) is 0 Å². The molecule has 1 fully saturated rings. The third kappa shape index (κ3) is 5.26. The highest BCUT2D eigenvalue weighted by atomic mass is 32.2. The minimum Gasteiger partial charge on any atom is -0.372 e. The van der Waals surface area contributed by atoms with Gasteiger partial charge in [-0.15, -0.1) is 0 Å². The van der Waals surface area contributed by atoms with E-state index in [9.17, 15) is 17.6 Å². The van der Waals surface area contributed by atoms with Crippen LogP contribution in [0.4, 0.5) is 15.8 Å². The fourth-order valence-corrected chi connectivity index (χ4v) is 4.72. The molecule has 0 unspecified atom stereocenters. The Hall–Kier alpha value is -3.39. The fourth-order valence-electron chi connectivity index (χ4n) is 3.62. The lowest BCUT2D eigenvalue weighted by molar-refractivity contribution is 0.0950. The number of halogens is 1. The average Bonchev–Trinajstić information content (AvgIpc) is 3.34. The second-order valence-electron chi connectivity index (χ2n) is 7.68. The van der Waals surface area contributed by atoms with Gasteiger partial charge >= 0.3 is 0 Å². The van der Waals surface area contributed by atoms with Gasteiger partial charge in [0.15, 0.2) is 0 Å². The number of sulfonamides is 1. The number of carbonyl (C=O) groups is 1. The highest BCUT2D eigenvalue weighted by Gasteiger charge is 2.17. The van der Waals surface area contributed by atoms with Crippen LogP contribution in [0, 0.1) is 5.82 Å². The zero-order chi connectivity index (χ0) is 22.6. The minimum atomic E-state index is -3.92. The summed E-state index contributed by atoms with van der Waals surface area (Å²) in [5, 5.41) is 2.83. The van der Waals surface area contributed by atoms with Gasteiger partial charge in [-0.3, -0.25) is 9.52 Å². The molecule has 0 bridgehead atoms. The van der Waals surface area contributed by atoms with Crippen molar-refractivity contribution in [2.75, 3.05) is 22.7 Å². The van der Waals surface area contributed by atoms with Crippen molar-refractivity contribution >= 4 is 27.3 Å². The molecule has 4 rings (SSSR count). The van der Waals surface area contributed by atoms with E-state index >= 15 is 0 Å². The summed E-state index contributed by atoms with van der Waals surface area (Å²) in [5.41, 5.74) is 2.62. The molecule has 2 N–H and O–H groups in total. The van der Waals surface area contributed by atoms with E-state index in [-0.39, 0.29) is 22.1 Å². The van der Waals surface area contributed by atoms with Crippen molar-refractivity contribution in [2.45, 2.75) is 24.3 Å². The molecule has 3 aromatic carbocycles. The Balaban J connectivity index is 1.40. The van der Waals surface area contributed by atoms with E-state index in [1.807, 2.05) is 12.1 Å². The molecular formula is C24H24FN3O3S. The van der Waals surface area contributed by atoms with E-state index in [1.54, 1.807) is 6.07 Å². The zero-order valence-electron chi connectivity index (χ0n) is 17.4. The highest BCUT2D eigenvalue weighted by molar-refractivity contribution is 7.92. The van der Waals surface area contributed by atoms with Crippen LogP contribution >= 0.6 is 0 Å². The van der Waals surface area contributed by atoms with Gasteiger partial charge in [-0.1, -0.05) is 18.2 Å². The summed E-state index contributed by atoms with van der Waals surface area (Å²) in [7, 11) is -3.92. The summed E-state index contributed by atoms with van der Waals surface area (Å²) < 4.78 is 40.7. The molecule has 0 aliphatic carbocycles. The third-order valence-electron chi connectivity index (χ3n) is 5.36. The molecule has 8 heteroatoms. The predicted molar refractivity (Wildman–Crippen MR) is 123 cm³/mol. The Morgan fingerprint density at radius 3 is 2.31 bits per heavy atom. The molecule has 6 nitrogen and oxygen atoms in total. The minimum absolute atomic E-state index is 0.0514. The van der Waals surface area contributed by atoms with E-state index in [0.717, 1.165) is 18.7 Å². The molecule has 1 aliphatic rings. The Labute approximate surface area is 187 Å². The van der Waals surface area contributed by atoms with E-state index < -0.39 is 15.8 Å². The molecule has 1 aliphatic heterocycles. The van der Waals surface area contributed by atoms with Gasteiger partial charge < -0.3 is 10.2 Å². The Morgan fingerprint density at radius 1 is 0.938 bits per heavy atom. The number of hydrogen-bond donors (Lipinski definition) is 2. The number of carbonyl (C=O) groups excluding carboxylic acids is 1. The van der Waals surface area contributed by atoms with Gasteiger partial charge in [0.05, 0.1) is 4.90 Å². The molecule has 1 amide bonds. The van der Waals surface area contributed by atoms with Crippen LogP contribution in [0.3, 0.4) is 0 Å². The maximum atomic E-state index is 13.0. The highest BCUT2D eigenvalue weighted by Crippen LogP contribution is 2.21. The number of benzene rings is 3. The van der Waals surface area contributed by atoms with Crippen molar-refractivity contribution in [1.29, 1.82) is 0 Å². The number of nitrogens with zero attached hydrogens (tertiary/aromatic N) is 1. The molecule has 0 saturated carbocycles. The lowest BCUT2D eigenvalue weighted by atomic mass is 10.1. The lowest BCUT2D eigenvalue weighted by Gasteiger charge is -2.17. The summed E-state index contributed by atoms with van der Waals surface area (Å²) in [6.07, 6.45) is 2.43. The first-order chi connectivity index (χ1) is 15.4. The summed E-state index contributed by atoms with van der Waals surface area (Å²) in [6, 6.07) is 18.9. The van der Waals surface area contributed by atoms with Crippen molar-refractivity contribution in [3.8, 4) is 0 Å². The summed E-state index contributed by atoms with van der Waals surface area (Å²) >= 11 is 0. The van der Waals surface area contributed by atoms with Crippen molar-refractivity contribution in [2.24, 2.45) is 0 Å². The number of hydrogen-bond acceptors (Lipinski definition) is 4. The molecule has 3 aromatic rings. The standard InChI is InChI=1S/C24H24FN3O3S/c25-20-8-10-21(11-9-20)27-32(30,31)23-5-3-4-19(16-23)24(29)26-17-18-6-12-22(13-7-18)28-14-1-2-15-28/h3-13,16,27H,1-2,14-15,17H2,(H,26,29). The summed E-state index contributed by atoms with van der Waals surface area (Å²) in [4.78, 5) is 14.9. The molecule has 0 radical (unpaired) electrons. The molecule has 0 spiro atoms. The van der Waals surface area contributed by atoms with E-state index in [0.29, 0.717) is 6.54 Å². The van der Waals surface area contributed by atoms with Gasteiger partial charge in [-0.25, -0.2) is 12.8 Å². The Kier molecular flexibility index (Phi) is 6.41. The lowest BCUT2D eigenvalue weighted by Crippen LogP contribution is -2.23. The molecule has 1 saturated heterocycles. The molecule has 0 atom stereocenters. The van der Waals surface area contributed by atoms with E-state index in [2.05, 4.69) is 27.1 Å². The Morgan fingerprint density at radius 2 is 1.62 bits per heavy atom. The van der Waals surface area contributed by atoms with Crippen LogP contribution in [-0.4, -0.2) is 27.4 Å². The predicted octanol–water partition coefficient (Wildman–Crippen LogP) is 4.16. The molecule has 1 heterocycles. The molecular weight excluding hydrogens is 429 g/mol. The molecule has 0 aromatic heterocycles. The van der Waals surface area contributed by atoms with Gasteiger partial charge in [0, 0.05) is 36.6 Å². The molecule has 32 heavy (non-hydrogen) atoms. The second kappa shape index (κ2) is 9.40. The largest absolute Gasteiger partial charge is 0.372 e. The SMILES string of the molecule is O=C(NCc1ccc(N2CCCC2)cc1)c1cccc(S(=O)(=O)Nc2ccc(F)cc2)c1. The maximum Gasteiger partial charge on any atom is 0.261 e. The van der Waals surface area contributed by atoms with Gasteiger partial charge in [-0.05, 0) is 73.0 Å².